The van der Waals surface area contributed by atoms with E-state index in [4.69, 9.17) is 28.6 Å². The second-order valence-electron chi connectivity index (χ2n) is 9.52. The summed E-state index contributed by atoms with van der Waals surface area (Å²) in [6.07, 6.45) is 1.60. The van der Waals surface area contributed by atoms with Crippen molar-refractivity contribution in [1.82, 2.24) is 15.5 Å². The zero-order valence-electron chi connectivity index (χ0n) is 23.3. The van der Waals surface area contributed by atoms with E-state index in [1.807, 2.05) is 30.3 Å². The lowest BCUT2D eigenvalue weighted by Gasteiger charge is -2.13. The number of fused-ring (bicyclic) bond motifs is 1. The van der Waals surface area contributed by atoms with Gasteiger partial charge in [0, 0.05) is 37.0 Å². The first-order valence-electron chi connectivity index (χ1n) is 13.2. The number of aryl methyl sites for hydroxylation is 1. The third kappa shape index (κ3) is 7.96. The molecule has 0 atom stereocenters. The molecule has 0 saturated carbocycles. The quantitative estimate of drug-likeness (QED) is 0.133. The largest absolute Gasteiger partial charge is 0.386 e. The van der Waals surface area contributed by atoms with Crippen molar-refractivity contribution in [1.29, 1.82) is 5.41 Å². The molecule has 7 nitrogen and oxygen atoms in total. The van der Waals surface area contributed by atoms with E-state index in [9.17, 15) is 23.2 Å². The number of allylic oxidation sites excluding steroid dienone is 1. The standard InChI is InChI=1S/C25H20Cl2N4O3S.C7H6F2/c26-21(28)19(14-29-13-15-6-2-1-3-7-15)18-12-20(35-22(18)27)23(32)30-10-11-31-24(33)16-8-4-5-9-17(16)25(31)34;1-5-2-3-6(8)7(9)4-5/h1-9,12,14,28-29H,10-11,13H2,(H,30,32);2-4H,1H3/b19-14-,28-21?;. The lowest BCUT2D eigenvalue weighted by Crippen LogP contribution is -2.38. The molecular formula is C32H26Cl2F2N4O3S. The van der Waals surface area contributed by atoms with Gasteiger partial charge in [0.25, 0.3) is 17.7 Å². The molecule has 0 bridgehead atoms. The number of amides is 3. The molecule has 3 amide bonds. The fourth-order valence-electron chi connectivity index (χ4n) is 4.20. The van der Waals surface area contributed by atoms with Crippen molar-refractivity contribution in [2.45, 2.75) is 13.5 Å². The van der Waals surface area contributed by atoms with E-state index in [0.29, 0.717) is 38.0 Å². The van der Waals surface area contributed by atoms with Crippen LogP contribution >= 0.6 is 34.5 Å². The van der Waals surface area contributed by atoms with Gasteiger partial charge >= 0.3 is 0 Å². The maximum Gasteiger partial charge on any atom is 0.261 e. The molecule has 0 aliphatic carbocycles. The van der Waals surface area contributed by atoms with Crippen LogP contribution in [0.15, 0.2) is 85.1 Å². The summed E-state index contributed by atoms with van der Waals surface area (Å²) in [4.78, 5) is 39.0. The van der Waals surface area contributed by atoms with E-state index >= 15 is 0 Å². The number of hydrogen-bond acceptors (Lipinski definition) is 6. The van der Waals surface area contributed by atoms with Crippen LogP contribution in [0.25, 0.3) is 5.57 Å². The summed E-state index contributed by atoms with van der Waals surface area (Å²) in [5, 5.41) is 13.5. The van der Waals surface area contributed by atoms with Gasteiger partial charge < -0.3 is 10.6 Å². The highest BCUT2D eigenvalue weighted by Gasteiger charge is 2.34. The van der Waals surface area contributed by atoms with Crippen molar-refractivity contribution in [3.8, 4) is 0 Å². The van der Waals surface area contributed by atoms with Crippen LogP contribution in [0.4, 0.5) is 8.78 Å². The van der Waals surface area contributed by atoms with Crippen molar-refractivity contribution in [2.24, 2.45) is 0 Å². The van der Waals surface area contributed by atoms with Gasteiger partial charge in [0.05, 0.1) is 16.0 Å². The summed E-state index contributed by atoms with van der Waals surface area (Å²) in [6.45, 7) is 2.37. The normalized spacial score (nSPS) is 12.4. The molecule has 0 saturated heterocycles. The lowest BCUT2D eigenvalue weighted by molar-refractivity contribution is 0.0650. The Kier molecular flexibility index (Phi) is 11.0. The van der Waals surface area contributed by atoms with Crippen molar-refractivity contribution in [2.75, 3.05) is 13.1 Å². The second kappa shape index (κ2) is 14.9. The van der Waals surface area contributed by atoms with Crippen molar-refractivity contribution < 1.29 is 23.2 Å². The zero-order chi connectivity index (χ0) is 31.8. The summed E-state index contributed by atoms with van der Waals surface area (Å²) in [7, 11) is 0. The molecular weight excluding hydrogens is 629 g/mol. The highest BCUT2D eigenvalue weighted by molar-refractivity contribution is 7.18. The maximum absolute atomic E-state index is 12.7. The number of halogens is 4. The Hall–Kier alpha value is -4.38. The Bertz CT molecular complexity index is 1710. The summed E-state index contributed by atoms with van der Waals surface area (Å²) >= 11 is 13.4. The number of imide groups is 1. The molecule has 1 aromatic heterocycles. The van der Waals surface area contributed by atoms with Crippen LogP contribution in [-0.2, 0) is 6.54 Å². The Morgan fingerprint density at radius 2 is 1.59 bits per heavy atom. The molecule has 3 aromatic carbocycles. The van der Waals surface area contributed by atoms with E-state index in [0.717, 1.165) is 39.5 Å². The lowest BCUT2D eigenvalue weighted by atomic mass is 10.1. The molecule has 1 aliphatic rings. The number of benzene rings is 3. The van der Waals surface area contributed by atoms with Gasteiger partial charge in [-0.15, -0.1) is 11.3 Å². The highest BCUT2D eigenvalue weighted by atomic mass is 35.5. The van der Waals surface area contributed by atoms with Gasteiger partial charge in [-0.3, -0.25) is 24.7 Å². The number of rotatable bonds is 9. The molecule has 3 N–H and O–H groups in total. The van der Waals surface area contributed by atoms with E-state index in [1.165, 1.54) is 6.07 Å². The van der Waals surface area contributed by atoms with Gasteiger partial charge in [-0.05, 0) is 48.4 Å². The van der Waals surface area contributed by atoms with Gasteiger partial charge in [0.2, 0.25) is 0 Å². The number of thiophene rings is 1. The first-order chi connectivity index (χ1) is 21.1. The van der Waals surface area contributed by atoms with Crippen LogP contribution in [0.5, 0.6) is 0 Å². The Labute approximate surface area is 266 Å². The maximum atomic E-state index is 12.7. The molecule has 1 aliphatic heterocycles. The first kappa shape index (κ1) is 32.5. The Balaban J connectivity index is 0.000000421. The van der Waals surface area contributed by atoms with Gasteiger partial charge in [-0.2, -0.15) is 0 Å². The van der Waals surface area contributed by atoms with Gasteiger partial charge in [0.1, 0.15) is 9.51 Å². The van der Waals surface area contributed by atoms with E-state index < -0.39 is 17.5 Å². The minimum absolute atomic E-state index is 0.0466. The van der Waals surface area contributed by atoms with Crippen molar-refractivity contribution >= 4 is 63.0 Å². The topological polar surface area (TPSA) is 102 Å². The fourth-order valence-corrected chi connectivity index (χ4v) is 5.58. The number of nitrogens with one attached hydrogen (secondary N) is 3. The first-order valence-corrected chi connectivity index (χ1v) is 14.8. The minimum Gasteiger partial charge on any atom is -0.386 e. The summed E-state index contributed by atoms with van der Waals surface area (Å²) in [5.74, 6) is -2.73. The van der Waals surface area contributed by atoms with Crippen molar-refractivity contribution in [3.05, 3.63) is 134 Å². The van der Waals surface area contributed by atoms with Crippen LogP contribution in [0.2, 0.25) is 4.34 Å². The number of nitrogens with zero attached hydrogens (tertiary/aromatic N) is 1. The molecule has 0 spiro atoms. The van der Waals surface area contributed by atoms with E-state index in [1.54, 1.807) is 43.5 Å². The van der Waals surface area contributed by atoms with Crippen molar-refractivity contribution in [3.63, 3.8) is 0 Å². The van der Waals surface area contributed by atoms with E-state index in [-0.39, 0.29) is 30.1 Å². The average Bonchev–Trinajstić information content (AvgIpc) is 3.51. The van der Waals surface area contributed by atoms with Gasteiger partial charge in [0.15, 0.2) is 11.6 Å². The fraction of sp³-hybridized carbons (Fsp3) is 0.125. The number of carbonyl (C=O) groups is 3. The summed E-state index contributed by atoms with van der Waals surface area (Å²) in [5.41, 5.74) is 3.33. The SMILES string of the molecule is Cc1ccc(F)c(F)c1.N=C(Cl)/C(=C\NCc1ccccc1)c1cc(C(=O)NCCN2C(=O)c3ccccc3C2=O)sc1Cl. The third-order valence-corrected chi connectivity index (χ3v) is 7.97. The Morgan fingerprint density at radius 3 is 2.18 bits per heavy atom. The third-order valence-electron chi connectivity index (χ3n) is 6.41. The van der Waals surface area contributed by atoms with Crippen LogP contribution in [0.1, 0.15) is 47.1 Å². The molecule has 4 aromatic rings. The summed E-state index contributed by atoms with van der Waals surface area (Å²) < 4.78 is 24.6. The van der Waals surface area contributed by atoms with E-state index in [2.05, 4.69) is 10.6 Å². The Morgan fingerprint density at radius 1 is 0.955 bits per heavy atom. The second-order valence-corrected chi connectivity index (χ2v) is 11.5. The molecule has 12 heteroatoms. The molecule has 5 rings (SSSR count). The predicted octanol–water partition coefficient (Wildman–Crippen LogP) is 7.05. The molecule has 0 unspecified atom stereocenters. The molecule has 2 heterocycles. The number of hydrogen-bond donors (Lipinski definition) is 3. The monoisotopic (exact) mass is 654 g/mol. The molecule has 0 radical (unpaired) electrons. The van der Waals surface area contributed by atoms with Crippen LogP contribution < -0.4 is 10.6 Å². The predicted molar refractivity (Wildman–Crippen MR) is 169 cm³/mol. The zero-order valence-corrected chi connectivity index (χ0v) is 25.6. The molecule has 226 valence electrons. The van der Waals surface area contributed by atoms with Crippen LogP contribution in [0.3, 0.4) is 0 Å². The highest BCUT2D eigenvalue weighted by Crippen LogP contribution is 2.34. The summed E-state index contributed by atoms with van der Waals surface area (Å²) in [6, 6.07) is 21.7. The average molecular weight is 656 g/mol. The van der Waals surface area contributed by atoms with Crippen LogP contribution in [0, 0.1) is 24.0 Å². The van der Waals surface area contributed by atoms with Gasteiger partial charge in [-0.1, -0.05) is 71.7 Å². The number of carbonyl (C=O) groups excluding carboxylic acids is 3. The molecule has 0 fully saturated rings. The minimum atomic E-state index is -0.791. The smallest absolute Gasteiger partial charge is 0.261 e. The molecule has 44 heavy (non-hydrogen) atoms. The van der Waals surface area contributed by atoms with Crippen LogP contribution in [-0.4, -0.2) is 40.9 Å². The van der Waals surface area contributed by atoms with Gasteiger partial charge in [-0.25, -0.2) is 8.78 Å².